The molecule has 0 aromatic heterocycles. The quantitative estimate of drug-likeness (QED) is 0.374. The molecule has 1 N–H and O–H groups in total. The number of hydrogen-bond acceptors (Lipinski definition) is 5. The third-order valence-corrected chi connectivity index (χ3v) is 2.22. The Hall–Kier alpha value is -1.01. The van der Waals surface area contributed by atoms with E-state index in [9.17, 15) is 20.0 Å². The molecule has 0 radical (unpaired) electrons. The molecule has 0 unspecified atom stereocenters. The minimum absolute atomic E-state index is 0.288. The van der Waals surface area contributed by atoms with E-state index in [2.05, 4.69) is 0 Å². The Kier molecular flexibility index (Phi) is 4.65. The highest BCUT2D eigenvalue weighted by atomic mass is 16.6. The van der Waals surface area contributed by atoms with Crippen molar-refractivity contribution >= 4 is 6.29 Å². The second-order valence-corrected chi connectivity index (χ2v) is 3.38. The van der Waals surface area contributed by atoms with Gasteiger partial charge in [-0.2, -0.15) is 0 Å². The maximum absolute atomic E-state index is 10.8. The molecular formula is C8H15NO5. The third kappa shape index (κ3) is 2.49. The van der Waals surface area contributed by atoms with Crippen LogP contribution in [0.2, 0.25) is 0 Å². The number of aliphatic hydroxyl groups excluding tert-OH is 1. The molecule has 0 bridgehead atoms. The van der Waals surface area contributed by atoms with E-state index in [1.54, 1.807) is 0 Å². The summed E-state index contributed by atoms with van der Waals surface area (Å²) in [6.45, 7) is 2.67. The third-order valence-electron chi connectivity index (χ3n) is 2.22. The smallest absolute Gasteiger partial charge is 0.254 e. The van der Waals surface area contributed by atoms with Crippen molar-refractivity contribution in [1.29, 1.82) is 0 Å². The lowest BCUT2D eigenvalue weighted by Gasteiger charge is -2.29. The Labute approximate surface area is 82.0 Å². The maximum atomic E-state index is 10.8. The molecule has 0 amide bonds. The summed E-state index contributed by atoms with van der Waals surface area (Å²) in [4.78, 5) is 20.5. The Morgan fingerprint density at radius 3 is 2.43 bits per heavy atom. The number of aliphatic hydroxyl groups is 1. The van der Waals surface area contributed by atoms with Gasteiger partial charge in [0.25, 0.3) is 5.54 Å². The van der Waals surface area contributed by atoms with Crippen LogP contribution in [-0.4, -0.2) is 41.2 Å². The van der Waals surface area contributed by atoms with Gasteiger partial charge in [0.15, 0.2) is 6.10 Å². The van der Waals surface area contributed by atoms with Crippen molar-refractivity contribution in [3.63, 3.8) is 0 Å². The van der Waals surface area contributed by atoms with Gasteiger partial charge in [-0.25, -0.2) is 0 Å². The number of nitro groups is 1. The fraction of sp³-hybridized carbons (Fsp3) is 0.875. The van der Waals surface area contributed by atoms with Crippen LogP contribution in [0.3, 0.4) is 0 Å². The molecule has 0 aliphatic heterocycles. The lowest BCUT2D eigenvalue weighted by atomic mass is 9.89. The molecule has 6 heteroatoms. The first-order chi connectivity index (χ1) is 6.40. The second-order valence-electron chi connectivity index (χ2n) is 3.38. The molecule has 0 spiro atoms. The van der Waals surface area contributed by atoms with Crippen LogP contribution in [0.4, 0.5) is 0 Å². The molecule has 0 aromatic carbocycles. The number of nitrogens with zero attached hydrogens (tertiary/aromatic N) is 1. The first kappa shape index (κ1) is 13.0. The van der Waals surface area contributed by atoms with E-state index in [-0.39, 0.29) is 6.42 Å². The van der Waals surface area contributed by atoms with E-state index < -0.39 is 22.7 Å². The zero-order valence-electron chi connectivity index (χ0n) is 8.47. The minimum atomic E-state index is -1.58. The van der Waals surface area contributed by atoms with E-state index in [0.717, 1.165) is 0 Å². The predicted octanol–water partition coefficient (Wildman–Crippen LogP) is 0.00660. The van der Waals surface area contributed by atoms with Gasteiger partial charge in [-0.1, -0.05) is 0 Å². The predicted molar refractivity (Wildman–Crippen MR) is 48.6 cm³/mol. The Morgan fingerprint density at radius 2 is 2.21 bits per heavy atom. The average molecular weight is 205 g/mol. The second kappa shape index (κ2) is 5.02. The molecule has 0 aliphatic rings. The van der Waals surface area contributed by atoms with Gasteiger partial charge in [0.1, 0.15) is 6.29 Å². The number of aldehydes is 1. The molecule has 0 saturated carbocycles. The summed E-state index contributed by atoms with van der Waals surface area (Å²) >= 11 is 0. The van der Waals surface area contributed by atoms with Crippen LogP contribution in [0.15, 0.2) is 0 Å². The van der Waals surface area contributed by atoms with Gasteiger partial charge in [-0.05, 0) is 6.92 Å². The fourth-order valence-corrected chi connectivity index (χ4v) is 1.43. The summed E-state index contributed by atoms with van der Waals surface area (Å²) in [6.07, 6.45) is -1.83. The topological polar surface area (TPSA) is 89.7 Å². The summed E-state index contributed by atoms with van der Waals surface area (Å²) in [5, 5.41) is 20.0. The number of rotatable bonds is 6. The van der Waals surface area contributed by atoms with Crippen molar-refractivity contribution in [2.45, 2.75) is 38.0 Å². The first-order valence-electron chi connectivity index (χ1n) is 4.19. The molecule has 82 valence electrons. The average Bonchev–Trinajstić information content (AvgIpc) is 2.04. The Morgan fingerprint density at radius 1 is 1.71 bits per heavy atom. The van der Waals surface area contributed by atoms with Gasteiger partial charge < -0.3 is 14.6 Å². The van der Waals surface area contributed by atoms with Crippen molar-refractivity contribution < 1.29 is 19.6 Å². The number of methoxy groups -OCH3 is 1. The number of carbonyl (C=O) groups excluding carboxylic acids is 1. The SMILES string of the molecule is CO[C@@H]([C@H](C)O)[C@@](C)(CC=O)[N+](=O)[O-]. The van der Waals surface area contributed by atoms with E-state index in [0.29, 0.717) is 6.29 Å². The highest BCUT2D eigenvalue weighted by molar-refractivity contribution is 5.51. The van der Waals surface area contributed by atoms with Crippen LogP contribution in [0.25, 0.3) is 0 Å². The van der Waals surface area contributed by atoms with Gasteiger partial charge in [-0.3, -0.25) is 10.1 Å². The largest absolute Gasteiger partial charge is 0.390 e. The van der Waals surface area contributed by atoms with Gasteiger partial charge in [0.05, 0.1) is 12.5 Å². The number of carbonyl (C=O) groups is 1. The standard InChI is InChI=1S/C8H15NO5/c1-6(11)7(14-3)8(2,4-5-10)9(12)13/h5-7,11H,4H2,1-3H3/t6-,7-,8+/m0/s1. The van der Waals surface area contributed by atoms with Crippen molar-refractivity contribution in [1.82, 2.24) is 0 Å². The number of ether oxygens (including phenoxy) is 1. The van der Waals surface area contributed by atoms with Crippen LogP contribution < -0.4 is 0 Å². The summed E-state index contributed by atoms with van der Waals surface area (Å²) < 4.78 is 4.84. The molecule has 0 rings (SSSR count). The van der Waals surface area contributed by atoms with Crippen LogP contribution in [0.1, 0.15) is 20.3 Å². The first-order valence-corrected chi connectivity index (χ1v) is 4.19. The maximum Gasteiger partial charge on any atom is 0.254 e. The van der Waals surface area contributed by atoms with Gasteiger partial charge in [-0.15, -0.1) is 0 Å². The molecule has 0 saturated heterocycles. The lowest BCUT2D eigenvalue weighted by molar-refractivity contribution is -0.579. The van der Waals surface area contributed by atoms with E-state index in [1.807, 2.05) is 0 Å². The molecule has 0 aromatic rings. The Balaban J connectivity index is 4.94. The van der Waals surface area contributed by atoms with Gasteiger partial charge in [0.2, 0.25) is 0 Å². The van der Waals surface area contributed by atoms with E-state index in [1.165, 1.54) is 21.0 Å². The van der Waals surface area contributed by atoms with Crippen molar-refractivity contribution in [3.05, 3.63) is 10.1 Å². The molecule has 6 nitrogen and oxygen atoms in total. The molecular weight excluding hydrogens is 190 g/mol. The van der Waals surface area contributed by atoms with E-state index >= 15 is 0 Å². The summed E-state index contributed by atoms with van der Waals surface area (Å²) in [5.41, 5.74) is -1.58. The minimum Gasteiger partial charge on any atom is -0.390 e. The van der Waals surface area contributed by atoms with Crippen LogP contribution >= 0.6 is 0 Å². The van der Waals surface area contributed by atoms with Crippen molar-refractivity contribution in [2.75, 3.05) is 7.11 Å². The zero-order chi connectivity index (χ0) is 11.4. The molecule has 14 heavy (non-hydrogen) atoms. The highest BCUT2D eigenvalue weighted by Gasteiger charge is 2.48. The summed E-state index contributed by atoms with van der Waals surface area (Å²) in [5.74, 6) is 0. The van der Waals surface area contributed by atoms with Crippen molar-refractivity contribution in [2.24, 2.45) is 0 Å². The summed E-state index contributed by atoms with van der Waals surface area (Å²) in [6, 6.07) is 0. The molecule has 0 fully saturated rings. The Bertz CT molecular complexity index is 218. The lowest BCUT2D eigenvalue weighted by Crippen LogP contribution is -2.52. The number of hydrogen-bond donors (Lipinski definition) is 1. The molecule has 0 heterocycles. The normalized spacial score (nSPS) is 19.4. The summed E-state index contributed by atoms with van der Waals surface area (Å²) in [7, 11) is 1.27. The van der Waals surface area contributed by atoms with Crippen LogP contribution in [0.5, 0.6) is 0 Å². The fourth-order valence-electron chi connectivity index (χ4n) is 1.43. The van der Waals surface area contributed by atoms with Gasteiger partial charge >= 0.3 is 0 Å². The zero-order valence-corrected chi connectivity index (χ0v) is 8.47. The van der Waals surface area contributed by atoms with E-state index in [4.69, 9.17) is 4.74 Å². The van der Waals surface area contributed by atoms with Crippen LogP contribution in [0, 0.1) is 10.1 Å². The van der Waals surface area contributed by atoms with Crippen molar-refractivity contribution in [3.8, 4) is 0 Å². The van der Waals surface area contributed by atoms with Gasteiger partial charge in [0, 0.05) is 19.0 Å². The van der Waals surface area contributed by atoms with Crippen LogP contribution in [-0.2, 0) is 9.53 Å². The highest BCUT2D eigenvalue weighted by Crippen LogP contribution is 2.23. The monoisotopic (exact) mass is 205 g/mol. The molecule has 3 atom stereocenters. The molecule has 0 aliphatic carbocycles.